The average Bonchev–Trinajstić information content (AvgIpc) is 2.83. The topological polar surface area (TPSA) is 46.5 Å². The molecule has 22 heavy (non-hydrogen) atoms. The van der Waals surface area contributed by atoms with Crippen molar-refractivity contribution in [1.29, 1.82) is 0 Å². The molecule has 0 fully saturated rings. The number of halogens is 4. The predicted octanol–water partition coefficient (Wildman–Crippen LogP) is 4.69. The van der Waals surface area contributed by atoms with Crippen LogP contribution in [0, 0.1) is 6.92 Å². The number of nitrogens with zero attached hydrogens (tertiary/aromatic N) is 2. The van der Waals surface area contributed by atoms with Gasteiger partial charge in [-0.05, 0) is 40.5 Å². The first-order valence-corrected chi connectivity index (χ1v) is 7.64. The van der Waals surface area contributed by atoms with Crippen LogP contribution in [-0.4, -0.2) is 18.3 Å². The monoisotopic (exact) mass is 393 g/mol. The van der Waals surface area contributed by atoms with E-state index in [0.717, 1.165) is 11.8 Å². The minimum atomic E-state index is -4.52. The quantitative estimate of drug-likeness (QED) is 0.605. The zero-order chi connectivity index (χ0) is 16.3. The lowest BCUT2D eigenvalue weighted by atomic mass is 10.1. The molecule has 0 saturated heterocycles. The number of nitrogens with one attached hydrogen (secondary N) is 1. The molecule has 0 atom stereocenters. The lowest BCUT2D eigenvalue weighted by molar-refractivity contribution is -0.138. The van der Waals surface area contributed by atoms with Crippen LogP contribution in [0.4, 0.5) is 18.3 Å². The lowest BCUT2D eigenvalue weighted by Gasteiger charge is -2.14. The molecule has 0 aliphatic carbocycles. The molecule has 0 aliphatic heterocycles. The summed E-state index contributed by atoms with van der Waals surface area (Å²) in [5, 5.41) is 6.29. The minimum absolute atomic E-state index is 0.205. The SMILES string of the molecule is COc1c(Br)cc(C=NNc2nc(C)cs2)cc1C(F)(F)F. The molecule has 118 valence electrons. The molecular weight excluding hydrogens is 383 g/mol. The summed E-state index contributed by atoms with van der Waals surface area (Å²) < 4.78 is 44.1. The van der Waals surface area contributed by atoms with Crippen LogP contribution in [0.25, 0.3) is 0 Å². The highest BCUT2D eigenvalue weighted by molar-refractivity contribution is 9.10. The summed E-state index contributed by atoms with van der Waals surface area (Å²) >= 11 is 4.43. The highest BCUT2D eigenvalue weighted by atomic mass is 79.9. The number of hydrogen-bond donors (Lipinski definition) is 1. The maximum absolute atomic E-state index is 13.0. The Balaban J connectivity index is 2.26. The first kappa shape index (κ1) is 16.8. The number of rotatable bonds is 4. The first-order chi connectivity index (χ1) is 10.3. The van der Waals surface area contributed by atoms with Crippen molar-refractivity contribution < 1.29 is 17.9 Å². The van der Waals surface area contributed by atoms with Crippen molar-refractivity contribution in [3.05, 3.63) is 38.8 Å². The Morgan fingerprint density at radius 1 is 1.41 bits per heavy atom. The number of hydrogen-bond acceptors (Lipinski definition) is 5. The van der Waals surface area contributed by atoms with Gasteiger partial charge in [-0.15, -0.1) is 11.3 Å². The van der Waals surface area contributed by atoms with Crippen molar-refractivity contribution in [2.24, 2.45) is 5.10 Å². The minimum Gasteiger partial charge on any atom is -0.495 e. The summed E-state index contributed by atoms with van der Waals surface area (Å²) in [6, 6.07) is 2.47. The number of hydrazone groups is 1. The third kappa shape index (κ3) is 3.98. The van der Waals surface area contributed by atoms with Gasteiger partial charge in [0.05, 0.1) is 29.1 Å². The van der Waals surface area contributed by atoms with E-state index in [9.17, 15) is 13.2 Å². The predicted molar refractivity (Wildman–Crippen MR) is 83.8 cm³/mol. The number of ether oxygens (including phenoxy) is 1. The van der Waals surface area contributed by atoms with Crippen molar-refractivity contribution in [2.45, 2.75) is 13.1 Å². The molecule has 0 bridgehead atoms. The van der Waals surface area contributed by atoms with Gasteiger partial charge >= 0.3 is 6.18 Å². The molecule has 0 saturated carbocycles. The Bertz CT molecular complexity index is 700. The molecule has 4 nitrogen and oxygen atoms in total. The molecule has 2 aromatic rings. The summed E-state index contributed by atoms with van der Waals surface area (Å²) in [5.41, 5.74) is 2.92. The van der Waals surface area contributed by atoms with Gasteiger partial charge in [0.25, 0.3) is 0 Å². The maximum Gasteiger partial charge on any atom is 0.420 e. The van der Waals surface area contributed by atoms with Crippen molar-refractivity contribution in [2.75, 3.05) is 12.5 Å². The molecule has 1 aromatic carbocycles. The van der Waals surface area contributed by atoms with Crippen LogP contribution >= 0.6 is 27.3 Å². The van der Waals surface area contributed by atoms with Gasteiger partial charge in [0.2, 0.25) is 5.13 Å². The molecule has 9 heteroatoms. The Morgan fingerprint density at radius 2 is 2.14 bits per heavy atom. The number of alkyl halides is 3. The zero-order valence-electron chi connectivity index (χ0n) is 11.5. The van der Waals surface area contributed by atoms with Gasteiger partial charge in [-0.1, -0.05) is 0 Å². The Kier molecular flexibility index (Phi) is 5.07. The third-order valence-electron chi connectivity index (χ3n) is 2.57. The van der Waals surface area contributed by atoms with E-state index in [-0.39, 0.29) is 15.8 Å². The lowest BCUT2D eigenvalue weighted by Crippen LogP contribution is -2.09. The van der Waals surface area contributed by atoms with Crippen molar-refractivity contribution >= 4 is 38.6 Å². The van der Waals surface area contributed by atoms with E-state index in [1.165, 1.54) is 30.7 Å². The van der Waals surface area contributed by atoms with Gasteiger partial charge in [0.1, 0.15) is 5.75 Å². The van der Waals surface area contributed by atoms with Crippen LogP contribution in [0.3, 0.4) is 0 Å². The second-order valence-corrected chi connectivity index (χ2v) is 5.96. The number of anilines is 1. The molecule has 1 N–H and O–H groups in total. The molecule has 0 spiro atoms. The molecular formula is C13H11BrF3N3OS. The summed E-state index contributed by atoms with van der Waals surface area (Å²) in [5.74, 6) is -0.256. The van der Waals surface area contributed by atoms with Crippen LogP contribution in [0.2, 0.25) is 0 Å². The van der Waals surface area contributed by atoms with E-state index in [2.05, 4.69) is 31.4 Å². The second-order valence-electron chi connectivity index (χ2n) is 4.25. The smallest absolute Gasteiger partial charge is 0.420 e. The van der Waals surface area contributed by atoms with Gasteiger partial charge in [0, 0.05) is 5.38 Å². The van der Waals surface area contributed by atoms with Gasteiger partial charge in [-0.3, -0.25) is 5.43 Å². The fourth-order valence-corrected chi connectivity index (χ4v) is 2.95. The van der Waals surface area contributed by atoms with Gasteiger partial charge in [0.15, 0.2) is 0 Å². The van der Waals surface area contributed by atoms with Crippen LogP contribution < -0.4 is 10.2 Å². The normalized spacial score (nSPS) is 11.9. The van der Waals surface area contributed by atoms with Crippen LogP contribution in [-0.2, 0) is 6.18 Å². The Hall–Kier alpha value is -1.61. The fraction of sp³-hybridized carbons (Fsp3) is 0.231. The summed E-state index contributed by atoms with van der Waals surface area (Å²) in [6.07, 6.45) is -3.23. The van der Waals surface area contributed by atoms with E-state index in [0.29, 0.717) is 5.13 Å². The summed E-state index contributed by atoms with van der Waals surface area (Å²) in [6.45, 7) is 1.83. The highest BCUT2D eigenvalue weighted by Gasteiger charge is 2.35. The van der Waals surface area contributed by atoms with Crippen molar-refractivity contribution in [3.8, 4) is 5.75 Å². The average molecular weight is 394 g/mol. The molecule has 1 heterocycles. The number of aromatic nitrogens is 1. The second kappa shape index (κ2) is 6.66. The standard InChI is InChI=1S/C13H11BrF3N3OS/c1-7-6-22-12(19-7)20-18-5-8-3-9(13(15,16)17)11(21-2)10(14)4-8/h3-6H,1-2H3,(H,19,20). The molecule has 2 rings (SSSR count). The van der Waals surface area contributed by atoms with Gasteiger partial charge in [-0.25, -0.2) is 4.98 Å². The molecule has 0 aliphatic rings. The van der Waals surface area contributed by atoms with Crippen LogP contribution in [0.1, 0.15) is 16.8 Å². The Labute approximate surface area is 137 Å². The molecule has 0 unspecified atom stereocenters. The fourth-order valence-electron chi connectivity index (χ4n) is 1.67. The van der Waals surface area contributed by atoms with Gasteiger partial charge < -0.3 is 4.74 Å². The summed E-state index contributed by atoms with van der Waals surface area (Å²) in [7, 11) is 1.19. The first-order valence-electron chi connectivity index (χ1n) is 5.97. The van der Waals surface area contributed by atoms with E-state index in [4.69, 9.17) is 4.74 Å². The number of aryl methyl sites for hydroxylation is 1. The van der Waals surface area contributed by atoms with Crippen molar-refractivity contribution in [3.63, 3.8) is 0 Å². The third-order valence-corrected chi connectivity index (χ3v) is 4.02. The van der Waals surface area contributed by atoms with E-state index in [1.54, 1.807) is 0 Å². The highest BCUT2D eigenvalue weighted by Crippen LogP contribution is 2.40. The van der Waals surface area contributed by atoms with E-state index < -0.39 is 11.7 Å². The number of benzene rings is 1. The largest absolute Gasteiger partial charge is 0.495 e. The number of thiazole rings is 1. The Morgan fingerprint density at radius 3 is 2.68 bits per heavy atom. The van der Waals surface area contributed by atoms with Crippen LogP contribution in [0.15, 0.2) is 27.1 Å². The molecule has 1 aromatic heterocycles. The van der Waals surface area contributed by atoms with Crippen molar-refractivity contribution in [1.82, 2.24) is 4.98 Å². The molecule has 0 amide bonds. The molecule has 0 radical (unpaired) electrons. The van der Waals surface area contributed by atoms with E-state index in [1.807, 2.05) is 12.3 Å². The summed E-state index contributed by atoms with van der Waals surface area (Å²) in [4.78, 5) is 4.13. The van der Waals surface area contributed by atoms with E-state index >= 15 is 0 Å². The van der Waals surface area contributed by atoms with Crippen LogP contribution in [0.5, 0.6) is 5.75 Å². The number of methoxy groups -OCH3 is 1. The maximum atomic E-state index is 13.0. The van der Waals surface area contributed by atoms with Gasteiger partial charge in [-0.2, -0.15) is 18.3 Å². The zero-order valence-corrected chi connectivity index (χ0v) is 13.9.